The van der Waals surface area contributed by atoms with Gasteiger partial charge in [-0.05, 0) is 69.7 Å². The minimum absolute atomic E-state index is 0.0800. The molecule has 240 valence electrons. The number of aromatic amines is 1. The molecule has 0 saturated carbocycles. The Labute approximate surface area is 262 Å². The summed E-state index contributed by atoms with van der Waals surface area (Å²) in [5.41, 5.74) is -1.09. The van der Waals surface area contributed by atoms with Crippen molar-refractivity contribution in [3.8, 4) is 11.8 Å². The standard InChI is InChI=1S/C31H42ClN5O7/c1-30(2,3)14-23(37-27(40)22-13-19-20(35-22)11-18(32)12-25(19)43-6)28(41)36-21(10-17-8-7-9-34-26(17)39)24(38)15-44-29(42)31(4,5)16-33/h11-13,17,21,23,26,34-35,39H,7-10,14-15H2,1-6H3,(H,36,41)(H,37,40)/t17-,21-,23-,26?/m0/s1. The molecule has 12 nitrogen and oxygen atoms in total. The summed E-state index contributed by atoms with van der Waals surface area (Å²) in [6, 6.07) is 4.56. The third-order valence-corrected chi connectivity index (χ3v) is 7.72. The molecule has 1 saturated heterocycles. The number of ketones is 1. The van der Waals surface area contributed by atoms with Gasteiger partial charge >= 0.3 is 5.97 Å². The predicted molar refractivity (Wildman–Crippen MR) is 164 cm³/mol. The Morgan fingerprint density at radius 2 is 1.84 bits per heavy atom. The molecular formula is C31H42ClN5O7. The number of H-pyrrole nitrogens is 1. The molecule has 1 unspecified atom stereocenters. The summed E-state index contributed by atoms with van der Waals surface area (Å²) in [4.78, 5) is 55.8. The molecule has 3 rings (SSSR count). The lowest BCUT2D eigenvalue weighted by Gasteiger charge is -2.32. The smallest absolute Gasteiger partial charge is 0.326 e. The van der Waals surface area contributed by atoms with Crippen LogP contribution in [0.4, 0.5) is 0 Å². The quantitative estimate of drug-likeness (QED) is 0.220. The average Bonchev–Trinajstić information content (AvgIpc) is 3.39. The minimum atomic E-state index is -1.46. The number of ether oxygens (including phenoxy) is 2. The topological polar surface area (TPSA) is 183 Å². The minimum Gasteiger partial charge on any atom is -0.496 e. The van der Waals surface area contributed by atoms with E-state index in [0.29, 0.717) is 34.6 Å². The third-order valence-electron chi connectivity index (χ3n) is 7.50. The number of halogens is 1. The zero-order valence-corrected chi connectivity index (χ0v) is 26.8. The molecule has 0 bridgehead atoms. The van der Waals surface area contributed by atoms with E-state index in [-0.39, 0.29) is 24.5 Å². The number of nitrogens with zero attached hydrogens (tertiary/aromatic N) is 1. The number of methoxy groups -OCH3 is 1. The lowest BCUT2D eigenvalue weighted by molar-refractivity contribution is -0.154. The van der Waals surface area contributed by atoms with E-state index in [4.69, 9.17) is 21.1 Å². The number of aliphatic hydroxyl groups excluding tert-OH is 1. The summed E-state index contributed by atoms with van der Waals surface area (Å²) in [5, 5.41) is 29.2. The third kappa shape index (κ3) is 9.17. The average molecular weight is 632 g/mol. The number of hydrogen-bond acceptors (Lipinski definition) is 9. The number of aromatic nitrogens is 1. The number of hydrogen-bond donors (Lipinski definition) is 5. The molecule has 0 radical (unpaired) electrons. The summed E-state index contributed by atoms with van der Waals surface area (Å²) in [6.45, 7) is 8.45. The second kappa shape index (κ2) is 14.4. The van der Waals surface area contributed by atoms with Gasteiger partial charge in [-0.3, -0.25) is 24.5 Å². The van der Waals surface area contributed by atoms with Crippen LogP contribution in [-0.4, -0.2) is 72.2 Å². The number of nitriles is 1. The molecule has 2 aromatic rings. The molecule has 13 heteroatoms. The highest BCUT2D eigenvalue weighted by molar-refractivity contribution is 6.31. The number of amides is 2. The van der Waals surface area contributed by atoms with Gasteiger partial charge in [0.2, 0.25) is 5.91 Å². The molecule has 1 aliphatic rings. The van der Waals surface area contributed by atoms with Crippen molar-refractivity contribution in [3.63, 3.8) is 0 Å². The molecule has 0 spiro atoms. The van der Waals surface area contributed by atoms with Crippen molar-refractivity contribution < 1.29 is 33.8 Å². The largest absolute Gasteiger partial charge is 0.496 e. The zero-order chi connectivity index (χ0) is 32.8. The van der Waals surface area contributed by atoms with Gasteiger partial charge in [0, 0.05) is 16.3 Å². The molecule has 2 amide bonds. The maximum Gasteiger partial charge on any atom is 0.326 e. The first kappa shape index (κ1) is 34.8. The lowest BCUT2D eigenvalue weighted by atomic mass is 9.86. The van der Waals surface area contributed by atoms with Crippen molar-refractivity contribution in [1.29, 1.82) is 5.26 Å². The predicted octanol–water partition coefficient (Wildman–Crippen LogP) is 3.22. The Morgan fingerprint density at radius 1 is 1.14 bits per heavy atom. The summed E-state index contributed by atoms with van der Waals surface area (Å²) in [6.07, 6.45) is 0.820. The molecule has 0 aliphatic carbocycles. The highest BCUT2D eigenvalue weighted by atomic mass is 35.5. The fourth-order valence-electron chi connectivity index (χ4n) is 5.01. The summed E-state index contributed by atoms with van der Waals surface area (Å²) in [7, 11) is 1.49. The number of fused-ring (bicyclic) bond motifs is 1. The van der Waals surface area contributed by atoms with Crippen molar-refractivity contribution >= 4 is 46.1 Å². The van der Waals surface area contributed by atoms with E-state index in [9.17, 15) is 29.5 Å². The zero-order valence-electron chi connectivity index (χ0n) is 26.0. The van der Waals surface area contributed by atoms with Gasteiger partial charge in [0.15, 0.2) is 12.4 Å². The second-order valence-corrected chi connectivity index (χ2v) is 13.4. The number of carbonyl (C=O) groups excluding carboxylic acids is 4. The van der Waals surface area contributed by atoms with E-state index in [1.165, 1.54) is 21.0 Å². The van der Waals surface area contributed by atoms with Crippen molar-refractivity contribution in [2.75, 3.05) is 20.3 Å². The van der Waals surface area contributed by atoms with E-state index < -0.39 is 59.3 Å². The highest BCUT2D eigenvalue weighted by Crippen LogP contribution is 2.31. The van der Waals surface area contributed by atoms with Crippen LogP contribution < -0.4 is 20.7 Å². The van der Waals surface area contributed by atoms with Crippen LogP contribution in [0, 0.1) is 28.1 Å². The van der Waals surface area contributed by atoms with Gasteiger partial charge < -0.3 is 30.2 Å². The van der Waals surface area contributed by atoms with Gasteiger partial charge in [0.05, 0.1) is 24.7 Å². The van der Waals surface area contributed by atoms with Gasteiger partial charge in [-0.25, -0.2) is 0 Å². The van der Waals surface area contributed by atoms with E-state index in [1.54, 1.807) is 18.2 Å². The SMILES string of the molecule is COc1cc(Cl)cc2[nH]c(C(=O)N[C@@H](CC(C)(C)C)C(=O)N[C@@H](C[C@@H]3CCCNC3O)C(=O)COC(=O)C(C)(C)C#N)cc12. The molecule has 1 aliphatic heterocycles. The van der Waals surface area contributed by atoms with Gasteiger partial charge in [-0.1, -0.05) is 32.4 Å². The molecule has 2 heterocycles. The maximum absolute atomic E-state index is 13.7. The fraction of sp³-hybridized carbons (Fsp3) is 0.581. The monoisotopic (exact) mass is 631 g/mol. The maximum atomic E-state index is 13.7. The van der Waals surface area contributed by atoms with Crippen LogP contribution in [0.15, 0.2) is 18.2 Å². The molecule has 1 aromatic carbocycles. The number of piperidine rings is 1. The number of benzene rings is 1. The number of Topliss-reactive ketones (excluding diaryl/α,β-unsaturated/α-hetero) is 1. The van der Waals surface area contributed by atoms with Crippen LogP contribution in [0.2, 0.25) is 5.02 Å². The van der Waals surface area contributed by atoms with Crippen molar-refractivity contribution in [2.45, 2.75) is 78.6 Å². The second-order valence-electron chi connectivity index (χ2n) is 12.9. The Bertz CT molecular complexity index is 1420. The van der Waals surface area contributed by atoms with Crippen LogP contribution in [0.3, 0.4) is 0 Å². The molecule has 5 N–H and O–H groups in total. The highest BCUT2D eigenvalue weighted by Gasteiger charge is 2.35. The first-order valence-corrected chi connectivity index (χ1v) is 14.9. The molecule has 4 atom stereocenters. The van der Waals surface area contributed by atoms with E-state index in [2.05, 4.69) is 20.9 Å². The Kier molecular flexibility index (Phi) is 11.4. The molecular weight excluding hydrogens is 590 g/mol. The fourth-order valence-corrected chi connectivity index (χ4v) is 5.22. The summed E-state index contributed by atoms with van der Waals surface area (Å²) >= 11 is 6.17. The first-order chi connectivity index (χ1) is 20.5. The van der Waals surface area contributed by atoms with Crippen LogP contribution in [0.5, 0.6) is 5.75 Å². The molecule has 1 fully saturated rings. The van der Waals surface area contributed by atoms with Crippen molar-refractivity contribution in [3.05, 3.63) is 28.9 Å². The summed E-state index contributed by atoms with van der Waals surface area (Å²) < 4.78 is 10.5. The number of rotatable bonds is 12. The van der Waals surface area contributed by atoms with E-state index in [0.717, 1.165) is 6.42 Å². The van der Waals surface area contributed by atoms with E-state index >= 15 is 0 Å². The van der Waals surface area contributed by atoms with Gasteiger partial charge in [-0.15, -0.1) is 0 Å². The normalized spacial score (nSPS) is 18.5. The van der Waals surface area contributed by atoms with E-state index in [1.807, 2.05) is 26.8 Å². The number of aliphatic hydroxyl groups is 1. The van der Waals surface area contributed by atoms with Crippen molar-refractivity contribution in [1.82, 2.24) is 20.9 Å². The number of esters is 1. The van der Waals surface area contributed by atoms with Crippen LogP contribution in [-0.2, 0) is 19.1 Å². The number of carbonyl (C=O) groups is 4. The summed E-state index contributed by atoms with van der Waals surface area (Å²) in [5.74, 6) is -2.50. The lowest BCUT2D eigenvalue weighted by Crippen LogP contribution is -2.54. The van der Waals surface area contributed by atoms with Gasteiger partial charge in [0.1, 0.15) is 29.1 Å². The Hall–Kier alpha value is -3.66. The van der Waals surface area contributed by atoms with Crippen LogP contribution in [0.1, 0.15) is 70.8 Å². The number of nitrogens with one attached hydrogen (secondary N) is 4. The van der Waals surface area contributed by atoms with Crippen LogP contribution in [0.25, 0.3) is 10.9 Å². The van der Waals surface area contributed by atoms with Gasteiger partial charge in [-0.2, -0.15) is 5.26 Å². The van der Waals surface area contributed by atoms with Crippen LogP contribution >= 0.6 is 11.6 Å². The first-order valence-electron chi connectivity index (χ1n) is 14.5. The Balaban J connectivity index is 1.83. The van der Waals surface area contributed by atoms with Crippen molar-refractivity contribution in [2.24, 2.45) is 16.7 Å². The molecule has 44 heavy (non-hydrogen) atoms. The molecule has 1 aromatic heterocycles. The Morgan fingerprint density at radius 3 is 2.45 bits per heavy atom. The van der Waals surface area contributed by atoms with Gasteiger partial charge in [0.25, 0.3) is 5.91 Å².